The number of anilines is 1. The van der Waals surface area contributed by atoms with Gasteiger partial charge < -0.3 is 25.0 Å². The van der Waals surface area contributed by atoms with Crippen LogP contribution in [-0.4, -0.2) is 42.3 Å². The Kier molecular flexibility index (Phi) is 6.45. The van der Waals surface area contributed by atoms with Crippen molar-refractivity contribution in [2.24, 2.45) is 0 Å². The molecule has 0 fully saturated rings. The third-order valence-corrected chi connectivity index (χ3v) is 6.09. The molecule has 1 atom stereocenters. The van der Waals surface area contributed by atoms with Crippen molar-refractivity contribution in [1.29, 1.82) is 0 Å². The zero-order chi connectivity index (χ0) is 27.1. The second-order valence-electron chi connectivity index (χ2n) is 8.59. The Bertz CT molecular complexity index is 1690. The van der Waals surface area contributed by atoms with Gasteiger partial charge in [-0.05, 0) is 30.7 Å². The molecule has 0 bridgehead atoms. The van der Waals surface area contributed by atoms with Gasteiger partial charge in [0.25, 0.3) is 5.56 Å². The summed E-state index contributed by atoms with van der Waals surface area (Å²) in [6.45, 7) is 1.09. The van der Waals surface area contributed by atoms with Crippen molar-refractivity contribution in [3.05, 3.63) is 93.7 Å². The molecule has 5 rings (SSSR count). The van der Waals surface area contributed by atoms with Crippen LogP contribution < -0.4 is 10.9 Å². The highest BCUT2D eigenvalue weighted by Crippen LogP contribution is 2.29. The Hall–Kier alpha value is -4.52. The van der Waals surface area contributed by atoms with Gasteiger partial charge >= 0.3 is 0 Å². The lowest BCUT2D eigenvalue weighted by molar-refractivity contribution is 0.270. The Labute approximate surface area is 210 Å². The van der Waals surface area contributed by atoms with Crippen molar-refractivity contribution in [1.82, 2.24) is 24.5 Å². The average Bonchev–Trinajstić information content (AvgIpc) is 3.59. The van der Waals surface area contributed by atoms with E-state index in [1.54, 1.807) is 23.3 Å². The smallest absolute Gasteiger partial charge is 0.261 e. The van der Waals surface area contributed by atoms with E-state index in [-0.39, 0.29) is 17.1 Å². The molecule has 0 saturated carbocycles. The Morgan fingerprint density at radius 3 is 2.45 bits per heavy atom. The number of hydrogen-bond acceptors (Lipinski definition) is 5. The minimum atomic E-state index is -2.27. The van der Waals surface area contributed by atoms with Crippen molar-refractivity contribution in [3.63, 3.8) is 0 Å². The highest BCUT2D eigenvalue weighted by Gasteiger charge is 2.28. The van der Waals surface area contributed by atoms with Gasteiger partial charge in [-0.25, -0.2) is 31.9 Å². The van der Waals surface area contributed by atoms with E-state index in [2.05, 4.69) is 25.3 Å². The lowest BCUT2D eigenvalue weighted by Gasteiger charge is -2.20. The molecule has 0 aliphatic rings. The van der Waals surface area contributed by atoms with Gasteiger partial charge in [0.2, 0.25) is 5.82 Å². The van der Waals surface area contributed by atoms with E-state index in [4.69, 9.17) is 0 Å². The Morgan fingerprint density at radius 2 is 1.79 bits per heavy atom. The largest absolute Gasteiger partial charge is 0.394 e. The van der Waals surface area contributed by atoms with Crippen LogP contribution in [0.1, 0.15) is 11.1 Å². The fourth-order valence-corrected chi connectivity index (χ4v) is 4.24. The summed E-state index contributed by atoms with van der Waals surface area (Å²) in [7, 11) is 0. The van der Waals surface area contributed by atoms with Gasteiger partial charge in [-0.1, -0.05) is 0 Å². The van der Waals surface area contributed by atoms with Crippen LogP contribution in [0.3, 0.4) is 0 Å². The van der Waals surface area contributed by atoms with Gasteiger partial charge in [0, 0.05) is 36.3 Å². The molecular weight excluding hydrogens is 511 g/mol. The molecule has 196 valence electrons. The van der Waals surface area contributed by atoms with E-state index < -0.39 is 59.3 Å². The summed E-state index contributed by atoms with van der Waals surface area (Å²) in [5.74, 6) is -10.3. The maximum Gasteiger partial charge on any atom is 0.261 e. The lowest BCUT2D eigenvalue weighted by Crippen LogP contribution is -2.29. The van der Waals surface area contributed by atoms with Gasteiger partial charge in [-0.3, -0.25) is 4.79 Å². The molecule has 3 aromatic heterocycles. The molecule has 0 saturated heterocycles. The van der Waals surface area contributed by atoms with Crippen LogP contribution in [0, 0.1) is 36.0 Å². The molecule has 5 aromatic rings. The molecule has 0 aliphatic heterocycles. The van der Waals surface area contributed by atoms with Crippen LogP contribution in [0.2, 0.25) is 0 Å². The molecule has 0 aliphatic carbocycles. The molecule has 0 radical (unpaired) electrons. The van der Waals surface area contributed by atoms with Crippen molar-refractivity contribution >= 4 is 16.7 Å². The number of fused-ring (bicyclic) bond motifs is 1. The summed E-state index contributed by atoms with van der Waals surface area (Å²) >= 11 is 0. The molecule has 3 heterocycles. The zero-order valence-corrected chi connectivity index (χ0v) is 19.6. The molecule has 2 aromatic carbocycles. The molecule has 8 nitrogen and oxygen atoms in total. The second kappa shape index (κ2) is 9.74. The van der Waals surface area contributed by atoms with Gasteiger partial charge in [-0.2, -0.15) is 0 Å². The maximum absolute atomic E-state index is 14.2. The SMILES string of the molecule is Cc1cc(-n2ccnc2)cc2[nH]c(-c3c(NC(CO)Cc4c(F)c(F)c(F)c(F)c4F)cc[nH]c3=O)nc12. The predicted octanol–water partition coefficient (Wildman–Crippen LogP) is 4.12. The number of pyridine rings is 1. The van der Waals surface area contributed by atoms with E-state index in [1.807, 2.05) is 19.1 Å². The molecule has 38 heavy (non-hydrogen) atoms. The standard InChI is InChI=1S/C25H19F5N6O2/c1-11-6-13(36-5-4-31-10-36)8-16-23(11)35-24(34-16)17-15(2-3-32-25(17)38)33-12(9-37)7-14-18(26)20(28)22(30)21(29)19(14)27/h2-6,8,10,12,37H,7,9H2,1H3,(H,34,35)(H2,32,33,38). The number of H-pyrrole nitrogens is 2. The summed E-state index contributed by atoms with van der Waals surface area (Å²) in [5, 5.41) is 12.6. The number of aromatic nitrogens is 5. The minimum Gasteiger partial charge on any atom is -0.394 e. The number of benzene rings is 2. The van der Waals surface area contributed by atoms with Crippen molar-refractivity contribution in [2.75, 3.05) is 11.9 Å². The number of rotatable bonds is 7. The lowest BCUT2D eigenvalue weighted by atomic mass is 10.0. The van der Waals surface area contributed by atoms with E-state index >= 15 is 0 Å². The first-order chi connectivity index (χ1) is 18.2. The Balaban J connectivity index is 1.53. The summed E-state index contributed by atoms with van der Waals surface area (Å²) in [6, 6.07) is 3.90. The van der Waals surface area contributed by atoms with Crippen LogP contribution in [0.15, 0.2) is 47.9 Å². The Morgan fingerprint density at radius 1 is 1.08 bits per heavy atom. The van der Waals surface area contributed by atoms with E-state index in [1.165, 1.54) is 12.3 Å². The zero-order valence-electron chi connectivity index (χ0n) is 19.6. The number of aliphatic hydroxyl groups is 1. The normalized spacial score (nSPS) is 12.3. The third-order valence-electron chi connectivity index (χ3n) is 6.09. The molecule has 0 spiro atoms. The second-order valence-corrected chi connectivity index (χ2v) is 8.59. The number of nitrogens with zero attached hydrogens (tertiary/aromatic N) is 3. The van der Waals surface area contributed by atoms with Gasteiger partial charge in [0.05, 0.1) is 35.7 Å². The summed E-state index contributed by atoms with van der Waals surface area (Å²) in [5.41, 5.74) is 1.25. The average molecular weight is 530 g/mol. The number of halogens is 5. The molecule has 1 unspecified atom stereocenters. The monoisotopic (exact) mass is 530 g/mol. The molecule has 0 amide bonds. The number of aromatic amines is 2. The van der Waals surface area contributed by atoms with Crippen molar-refractivity contribution < 1.29 is 27.1 Å². The molecular formula is C25H19F5N6O2. The third kappa shape index (κ3) is 4.30. The maximum atomic E-state index is 14.2. The van der Waals surface area contributed by atoms with E-state index in [9.17, 15) is 31.9 Å². The first kappa shape index (κ1) is 25.1. The molecule has 4 N–H and O–H groups in total. The van der Waals surface area contributed by atoms with Crippen molar-refractivity contribution in [3.8, 4) is 17.1 Å². The van der Waals surface area contributed by atoms with Crippen LogP contribution in [0.5, 0.6) is 0 Å². The fourth-order valence-electron chi connectivity index (χ4n) is 4.24. The topological polar surface area (TPSA) is 112 Å². The summed E-state index contributed by atoms with van der Waals surface area (Å²) in [6.07, 6.45) is 5.56. The molecule has 13 heteroatoms. The van der Waals surface area contributed by atoms with Crippen LogP contribution in [0.4, 0.5) is 27.6 Å². The van der Waals surface area contributed by atoms with Crippen LogP contribution in [0.25, 0.3) is 28.1 Å². The van der Waals surface area contributed by atoms with E-state index in [0.717, 1.165) is 11.3 Å². The summed E-state index contributed by atoms with van der Waals surface area (Å²) < 4.78 is 71.0. The number of aryl methyl sites for hydroxylation is 1. The predicted molar refractivity (Wildman–Crippen MR) is 128 cm³/mol. The minimum absolute atomic E-state index is 0.0168. The first-order valence-electron chi connectivity index (χ1n) is 11.3. The van der Waals surface area contributed by atoms with Gasteiger partial charge in [-0.15, -0.1) is 0 Å². The fraction of sp³-hybridized carbons (Fsp3) is 0.160. The van der Waals surface area contributed by atoms with Gasteiger partial charge in [0.15, 0.2) is 23.3 Å². The summed E-state index contributed by atoms with van der Waals surface area (Å²) in [4.78, 5) is 27.0. The first-order valence-corrected chi connectivity index (χ1v) is 11.3. The highest BCUT2D eigenvalue weighted by molar-refractivity contribution is 5.86. The number of hydrogen-bond donors (Lipinski definition) is 4. The number of aliphatic hydroxyl groups excluding tert-OH is 1. The van der Waals surface area contributed by atoms with Crippen LogP contribution in [-0.2, 0) is 6.42 Å². The highest BCUT2D eigenvalue weighted by atomic mass is 19.2. The quantitative estimate of drug-likeness (QED) is 0.144. The van der Waals surface area contributed by atoms with Crippen LogP contribution >= 0.6 is 0 Å². The number of nitrogens with one attached hydrogen (secondary N) is 3. The number of imidazole rings is 2. The van der Waals surface area contributed by atoms with Gasteiger partial charge in [0.1, 0.15) is 11.4 Å². The van der Waals surface area contributed by atoms with E-state index in [0.29, 0.717) is 11.0 Å². The van der Waals surface area contributed by atoms with Crippen molar-refractivity contribution in [2.45, 2.75) is 19.4 Å².